The molecule has 1 aromatic carbocycles. The standard InChI is InChI=1S/C20H32FN3/c1-16(2)22-9-4-10-23(14-13-22)19-7-11-24(12-8-19)20-6-5-18(21)15-17(20)3/h5-6,15-16,19H,4,7-14H2,1-3H3. The smallest absolute Gasteiger partial charge is 0.123 e. The molecule has 0 bridgehead atoms. The average molecular weight is 333 g/mol. The van der Waals surface area contributed by atoms with E-state index in [-0.39, 0.29) is 5.82 Å². The molecule has 2 heterocycles. The van der Waals surface area contributed by atoms with Crippen molar-refractivity contribution in [3.8, 4) is 0 Å². The number of piperidine rings is 1. The van der Waals surface area contributed by atoms with Crippen molar-refractivity contribution in [1.29, 1.82) is 0 Å². The summed E-state index contributed by atoms with van der Waals surface area (Å²) in [6.07, 6.45) is 3.73. The first-order chi connectivity index (χ1) is 11.5. The molecule has 134 valence electrons. The number of hydrogen-bond donors (Lipinski definition) is 0. The minimum absolute atomic E-state index is 0.134. The Balaban J connectivity index is 1.55. The van der Waals surface area contributed by atoms with Gasteiger partial charge in [-0.25, -0.2) is 4.39 Å². The molecule has 0 radical (unpaired) electrons. The topological polar surface area (TPSA) is 9.72 Å². The largest absolute Gasteiger partial charge is 0.371 e. The highest BCUT2D eigenvalue weighted by Gasteiger charge is 2.27. The molecule has 0 spiro atoms. The third kappa shape index (κ3) is 4.09. The van der Waals surface area contributed by atoms with Crippen molar-refractivity contribution >= 4 is 5.69 Å². The number of halogens is 1. The van der Waals surface area contributed by atoms with E-state index < -0.39 is 0 Å². The molecule has 2 saturated heterocycles. The summed E-state index contributed by atoms with van der Waals surface area (Å²) >= 11 is 0. The van der Waals surface area contributed by atoms with E-state index in [1.807, 2.05) is 13.0 Å². The summed E-state index contributed by atoms with van der Waals surface area (Å²) in [7, 11) is 0. The van der Waals surface area contributed by atoms with Crippen LogP contribution < -0.4 is 4.90 Å². The number of nitrogens with zero attached hydrogens (tertiary/aromatic N) is 3. The molecular weight excluding hydrogens is 301 g/mol. The summed E-state index contributed by atoms with van der Waals surface area (Å²) in [5.41, 5.74) is 2.26. The molecule has 2 fully saturated rings. The lowest BCUT2D eigenvalue weighted by Gasteiger charge is -2.39. The molecule has 1 aromatic rings. The highest BCUT2D eigenvalue weighted by molar-refractivity contribution is 5.53. The molecular formula is C20H32FN3. The normalized spacial score (nSPS) is 22.1. The summed E-state index contributed by atoms with van der Waals surface area (Å²) < 4.78 is 13.3. The summed E-state index contributed by atoms with van der Waals surface area (Å²) in [5.74, 6) is -0.134. The molecule has 0 unspecified atom stereocenters. The van der Waals surface area contributed by atoms with Crippen LogP contribution in [0.2, 0.25) is 0 Å². The second-order valence-corrected chi connectivity index (χ2v) is 7.67. The molecule has 3 nitrogen and oxygen atoms in total. The molecule has 0 aromatic heterocycles. The number of hydrogen-bond acceptors (Lipinski definition) is 3. The van der Waals surface area contributed by atoms with Gasteiger partial charge in [0.1, 0.15) is 5.82 Å². The Labute approximate surface area is 146 Å². The third-order valence-electron chi connectivity index (χ3n) is 5.78. The van der Waals surface area contributed by atoms with Crippen molar-refractivity contribution in [2.75, 3.05) is 44.2 Å². The van der Waals surface area contributed by atoms with Gasteiger partial charge < -0.3 is 4.90 Å². The summed E-state index contributed by atoms with van der Waals surface area (Å²) in [6, 6.07) is 6.56. The average Bonchev–Trinajstić information content (AvgIpc) is 2.81. The van der Waals surface area contributed by atoms with Gasteiger partial charge in [-0.1, -0.05) is 0 Å². The fraction of sp³-hybridized carbons (Fsp3) is 0.700. The van der Waals surface area contributed by atoms with Crippen LogP contribution in [0.1, 0.15) is 38.7 Å². The Bertz CT molecular complexity index is 538. The van der Waals surface area contributed by atoms with Gasteiger partial charge >= 0.3 is 0 Å². The van der Waals surface area contributed by atoms with Crippen LogP contribution in [0.3, 0.4) is 0 Å². The molecule has 2 aliphatic rings. The van der Waals surface area contributed by atoms with E-state index in [9.17, 15) is 4.39 Å². The van der Waals surface area contributed by atoms with E-state index in [0.29, 0.717) is 12.1 Å². The van der Waals surface area contributed by atoms with E-state index in [4.69, 9.17) is 0 Å². The van der Waals surface area contributed by atoms with Gasteiger partial charge in [-0.3, -0.25) is 9.80 Å². The number of rotatable bonds is 3. The molecule has 3 rings (SSSR count). The van der Waals surface area contributed by atoms with E-state index in [0.717, 1.165) is 18.7 Å². The van der Waals surface area contributed by atoms with Crippen LogP contribution in [0.15, 0.2) is 18.2 Å². The first kappa shape index (κ1) is 17.7. The van der Waals surface area contributed by atoms with E-state index in [2.05, 4.69) is 28.5 Å². The van der Waals surface area contributed by atoms with Crippen LogP contribution in [0.4, 0.5) is 10.1 Å². The van der Waals surface area contributed by atoms with Gasteiger partial charge in [0.25, 0.3) is 0 Å². The summed E-state index contributed by atoms with van der Waals surface area (Å²) in [6.45, 7) is 13.7. The minimum Gasteiger partial charge on any atom is -0.371 e. The van der Waals surface area contributed by atoms with Gasteiger partial charge in [-0.15, -0.1) is 0 Å². The molecule has 4 heteroatoms. The maximum atomic E-state index is 13.3. The van der Waals surface area contributed by atoms with Crippen molar-refractivity contribution in [2.45, 2.75) is 52.1 Å². The second-order valence-electron chi connectivity index (χ2n) is 7.67. The first-order valence-electron chi connectivity index (χ1n) is 9.54. The van der Waals surface area contributed by atoms with Crippen LogP contribution >= 0.6 is 0 Å². The van der Waals surface area contributed by atoms with Gasteiger partial charge in [-0.2, -0.15) is 0 Å². The Morgan fingerprint density at radius 1 is 1.00 bits per heavy atom. The fourth-order valence-corrected chi connectivity index (χ4v) is 4.28. The maximum Gasteiger partial charge on any atom is 0.123 e. The first-order valence-corrected chi connectivity index (χ1v) is 9.54. The molecule has 0 aliphatic carbocycles. The second kappa shape index (κ2) is 7.83. The zero-order valence-corrected chi connectivity index (χ0v) is 15.5. The van der Waals surface area contributed by atoms with Gasteiger partial charge in [-0.05, 0) is 76.9 Å². The number of aryl methyl sites for hydroxylation is 1. The van der Waals surface area contributed by atoms with Crippen LogP contribution in [-0.4, -0.2) is 61.2 Å². The zero-order chi connectivity index (χ0) is 17.1. The summed E-state index contributed by atoms with van der Waals surface area (Å²) in [5, 5.41) is 0. The SMILES string of the molecule is Cc1cc(F)ccc1N1CCC(N2CCCN(C(C)C)CC2)CC1. The highest BCUT2D eigenvalue weighted by Crippen LogP contribution is 2.26. The van der Waals surface area contributed by atoms with Crippen molar-refractivity contribution in [3.63, 3.8) is 0 Å². The number of anilines is 1. The van der Waals surface area contributed by atoms with Crippen LogP contribution in [-0.2, 0) is 0 Å². The molecule has 0 amide bonds. The lowest BCUT2D eigenvalue weighted by molar-refractivity contribution is 0.165. The van der Waals surface area contributed by atoms with Gasteiger partial charge in [0.05, 0.1) is 0 Å². The van der Waals surface area contributed by atoms with E-state index >= 15 is 0 Å². The third-order valence-corrected chi connectivity index (χ3v) is 5.78. The lowest BCUT2D eigenvalue weighted by atomic mass is 10.0. The molecule has 0 atom stereocenters. The Morgan fingerprint density at radius 2 is 1.75 bits per heavy atom. The van der Waals surface area contributed by atoms with Crippen molar-refractivity contribution in [2.24, 2.45) is 0 Å². The minimum atomic E-state index is -0.134. The van der Waals surface area contributed by atoms with Crippen molar-refractivity contribution in [3.05, 3.63) is 29.6 Å². The Morgan fingerprint density at radius 3 is 2.42 bits per heavy atom. The predicted molar refractivity (Wildman–Crippen MR) is 99.3 cm³/mol. The summed E-state index contributed by atoms with van der Waals surface area (Å²) in [4.78, 5) is 7.76. The Hall–Kier alpha value is -1.13. The van der Waals surface area contributed by atoms with Crippen molar-refractivity contribution in [1.82, 2.24) is 9.80 Å². The van der Waals surface area contributed by atoms with E-state index in [1.165, 1.54) is 51.1 Å². The maximum absolute atomic E-state index is 13.3. The fourth-order valence-electron chi connectivity index (χ4n) is 4.28. The van der Waals surface area contributed by atoms with Crippen LogP contribution in [0, 0.1) is 12.7 Å². The van der Waals surface area contributed by atoms with Crippen LogP contribution in [0.25, 0.3) is 0 Å². The quantitative estimate of drug-likeness (QED) is 0.838. The molecule has 0 N–H and O–H groups in total. The Kier molecular flexibility index (Phi) is 5.77. The monoisotopic (exact) mass is 333 g/mol. The zero-order valence-electron chi connectivity index (χ0n) is 15.5. The molecule has 0 saturated carbocycles. The van der Waals surface area contributed by atoms with Crippen LogP contribution in [0.5, 0.6) is 0 Å². The van der Waals surface area contributed by atoms with Gasteiger partial charge in [0.2, 0.25) is 0 Å². The van der Waals surface area contributed by atoms with Gasteiger partial charge in [0.15, 0.2) is 0 Å². The number of benzene rings is 1. The molecule has 24 heavy (non-hydrogen) atoms. The molecule has 2 aliphatic heterocycles. The lowest BCUT2D eigenvalue weighted by Crippen LogP contribution is -2.46. The predicted octanol–water partition coefficient (Wildman–Crippen LogP) is 3.52. The van der Waals surface area contributed by atoms with E-state index in [1.54, 1.807) is 12.1 Å². The van der Waals surface area contributed by atoms with Crippen molar-refractivity contribution < 1.29 is 4.39 Å². The van der Waals surface area contributed by atoms with Gasteiger partial charge in [0, 0.05) is 44.0 Å². The highest BCUT2D eigenvalue weighted by atomic mass is 19.1.